The Morgan fingerprint density at radius 2 is 1.85 bits per heavy atom. The van der Waals surface area contributed by atoms with Gasteiger partial charge in [-0.15, -0.1) is 0 Å². The highest BCUT2D eigenvalue weighted by atomic mass is 32.2. The van der Waals surface area contributed by atoms with Crippen LogP contribution < -0.4 is 10.0 Å². The van der Waals surface area contributed by atoms with Gasteiger partial charge in [0.15, 0.2) is 0 Å². The predicted molar refractivity (Wildman–Crippen MR) is 86.7 cm³/mol. The van der Waals surface area contributed by atoms with E-state index in [0.29, 0.717) is 11.3 Å². The van der Waals surface area contributed by atoms with Crippen molar-refractivity contribution in [3.63, 3.8) is 0 Å². The molecule has 20 heavy (non-hydrogen) atoms. The van der Waals surface area contributed by atoms with E-state index in [2.05, 4.69) is 16.3 Å². The first-order valence-corrected chi connectivity index (χ1v) is 10.8. The Kier molecular flexibility index (Phi) is 6.65. The van der Waals surface area contributed by atoms with Gasteiger partial charge in [-0.1, -0.05) is 12.8 Å². The monoisotopic (exact) mass is 320 g/mol. The number of thioether (sulfide) groups is 1. The predicted octanol–water partition coefficient (Wildman–Crippen LogP) is 2.11. The first-order chi connectivity index (χ1) is 9.61. The van der Waals surface area contributed by atoms with Crippen LogP contribution in [0.5, 0.6) is 0 Å². The molecule has 0 aromatic heterocycles. The minimum atomic E-state index is -3.10. The van der Waals surface area contributed by atoms with Gasteiger partial charge in [0.2, 0.25) is 10.0 Å². The van der Waals surface area contributed by atoms with Crippen LogP contribution in [0.25, 0.3) is 0 Å². The number of hydrogen-bond donors (Lipinski definition) is 2. The molecule has 0 aromatic rings. The van der Waals surface area contributed by atoms with Gasteiger partial charge >= 0.3 is 0 Å². The second kappa shape index (κ2) is 8.01. The Morgan fingerprint density at radius 1 is 1.10 bits per heavy atom. The number of unbranched alkanes of at least 4 members (excludes halogenated alkanes) is 1. The third-order valence-corrected chi connectivity index (χ3v) is 6.84. The topological polar surface area (TPSA) is 58.2 Å². The summed E-state index contributed by atoms with van der Waals surface area (Å²) >= 11 is 1.80. The summed E-state index contributed by atoms with van der Waals surface area (Å²) in [5.41, 5.74) is 0. The summed E-state index contributed by atoms with van der Waals surface area (Å²) in [6, 6.07) is 0.864. The minimum Gasteiger partial charge on any atom is -0.314 e. The molecule has 2 aliphatic carbocycles. The first kappa shape index (κ1) is 16.6. The van der Waals surface area contributed by atoms with Gasteiger partial charge in [0, 0.05) is 17.3 Å². The molecule has 6 heteroatoms. The molecule has 2 atom stereocenters. The summed E-state index contributed by atoms with van der Waals surface area (Å²) in [5.74, 6) is 0.275. The zero-order chi connectivity index (χ0) is 14.4. The molecule has 0 aliphatic heterocycles. The van der Waals surface area contributed by atoms with Gasteiger partial charge in [0.05, 0.1) is 5.75 Å². The van der Waals surface area contributed by atoms with Crippen LogP contribution in [-0.4, -0.2) is 44.3 Å². The number of hydrogen-bond acceptors (Lipinski definition) is 4. The average Bonchev–Trinajstić information content (AvgIpc) is 3.22. The highest BCUT2D eigenvalue weighted by Crippen LogP contribution is 2.27. The van der Waals surface area contributed by atoms with Crippen molar-refractivity contribution in [3.05, 3.63) is 0 Å². The summed E-state index contributed by atoms with van der Waals surface area (Å²) in [7, 11) is -3.10. The van der Waals surface area contributed by atoms with Crippen LogP contribution in [0.1, 0.15) is 51.4 Å². The normalized spacial score (nSPS) is 27.6. The van der Waals surface area contributed by atoms with E-state index in [1.807, 2.05) is 0 Å². The summed E-state index contributed by atoms with van der Waals surface area (Å²) in [5, 5.41) is 3.88. The van der Waals surface area contributed by atoms with Gasteiger partial charge in [-0.3, -0.25) is 0 Å². The molecule has 0 amide bonds. The van der Waals surface area contributed by atoms with E-state index in [9.17, 15) is 8.42 Å². The molecular formula is C14H28N2O2S2. The van der Waals surface area contributed by atoms with Crippen LogP contribution in [0.4, 0.5) is 0 Å². The van der Waals surface area contributed by atoms with Gasteiger partial charge in [0.25, 0.3) is 0 Å². The second-order valence-corrected chi connectivity index (χ2v) is 8.99. The zero-order valence-corrected chi connectivity index (χ0v) is 14.1. The minimum absolute atomic E-state index is 0.147. The van der Waals surface area contributed by atoms with Crippen molar-refractivity contribution < 1.29 is 8.42 Å². The van der Waals surface area contributed by atoms with Gasteiger partial charge in [-0.2, -0.15) is 11.8 Å². The molecule has 2 rings (SSSR count). The van der Waals surface area contributed by atoms with Crippen LogP contribution in [0, 0.1) is 0 Å². The van der Waals surface area contributed by atoms with E-state index >= 15 is 0 Å². The molecular weight excluding hydrogens is 292 g/mol. The van der Waals surface area contributed by atoms with E-state index in [-0.39, 0.29) is 11.8 Å². The number of rotatable bonds is 9. The van der Waals surface area contributed by atoms with Gasteiger partial charge in [0.1, 0.15) is 0 Å². The molecule has 118 valence electrons. The van der Waals surface area contributed by atoms with Crippen molar-refractivity contribution in [3.8, 4) is 0 Å². The molecule has 0 spiro atoms. The Balaban J connectivity index is 1.65. The van der Waals surface area contributed by atoms with Crippen molar-refractivity contribution in [1.29, 1.82) is 0 Å². The number of nitrogens with one attached hydrogen (secondary N) is 2. The standard InChI is InChI=1S/C14H28N2O2S2/c1-19-14-7-3-2-6-13(14)16-20(17,18)11-5-4-10-15-12-8-9-12/h12-16H,2-11H2,1H3. The molecule has 2 aliphatic rings. The SMILES string of the molecule is CSC1CCCCC1NS(=O)(=O)CCCCNC1CC1. The van der Waals surface area contributed by atoms with E-state index in [4.69, 9.17) is 0 Å². The van der Waals surface area contributed by atoms with Gasteiger partial charge < -0.3 is 5.32 Å². The Hall–Kier alpha value is 0.220. The summed E-state index contributed by atoms with van der Waals surface area (Å²) in [4.78, 5) is 0. The van der Waals surface area contributed by atoms with Crippen LogP contribution >= 0.6 is 11.8 Å². The maximum Gasteiger partial charge on any atom is 0.211 e. The molecule has 2 unspecified atom stereocenters. The quantitative estimate of drug-likeness (QED) is 0.639. The van der Waals surface area contributed by atoms with E-state index in [1.165, 1.54) is 19.3 Å². The maximum atomic E-state index is 12.1. The molecule has 2 fully saturated rings. The lowest BCUT2D eigenvalue weighted by molar-refractivity contribution is 0.423. The van der Waals surface area contributed by atoms with E-state index in [0.717, 1.165) is 38.6 Å². The Labute approximate surface area is 127 Å². The van der Waals surface area contributed by atoms with Crippen molar-refractivity contribution in [2.45, 2.75) is 68.7 Å². The Bertz CT molecular complexity index is 383. The molecule has 0 radical (unpaired) electrons. The summed E-state index contributed by atoms with van der Waals surface area (Å²) < 4.78 is 27.2. The van der Waals surface area contributed by atoms with Crippen molar-refractivity contribution in [2.75, 3.05) is 18.6 Å². The lowest BCUT2D eigenvalue weighted by Crippen LogP contribution is -2.44. The smallest absolute Gasteiger partial charge is 0.211 e. The average molecular weight is 321 g/mol. The molecule has 2 saturated carbocycles. The number of sulfonamides is 1. The van der Waals surface area contributed by atoms with Crippen molar-refractivity contribution >= 4 is 21.8 Å². The second-order valence-electron chi connectivity index (χ2n) is 6.04. The maximum absolute atomic E-state index is 12.1. The van der Waals surface area contributed by atoms with E-state index in [1.54, 1.807) is 11.8 Å². The van der Waals surface area contributed by atoms with Crippen LogP contribution in [0.2, 0.25) is 0 Å². The van der Waals surface area contributed by atoms with Gasteiger partial charge in [-0.05, 0) is 51.3 Å². The lowest BCUT2D eigenvalue weighted by Gasteiger charge is -2.30. The molecule has 2 N–H and O–H groups in total. The van der Waals surface area contributed by atoms with Gasteiger partial charge in [-0.25, -0.2) is 13.1 Å². The molecule has 0 saturated heterocycles. The third-order valence-electron chi connectivity index (χ3n) is 4.19. The molecule has 0 heterocycles. The lowest BCUT2D eigenvalue weighted by atomic mass is 9.96. The summed E-state index contributed by atoms with van der Waals surface area (Å²) in [6.07, 6.45) is 10.9. The fraction of sp³-hybridized carbons (Fsp3) is 1.00. The molecule has 4 nitrogen and oxygen atoms in total. The van der Waals surface area contributed by atoms with Crippen LogP contribution in [-0.2, 0) is 10.0 Å². The van der Waals surface area contributed by atoms with Crippen LogP contribution in [0.3, 0.4) is 0 Å². The zero-order valence-electron chi connectivity index (χ0n) is 12.4. The highest BCUT2D eigenvalue weighted by molar-refractivity contribution is 7.99. The highest BCUT2D eigenvalue weighted by Gasteiger charge is 2.27. The molecule has 0 aromatic carbocycles. The summed E-state index contributed by atoms with van der Waals surface area (Å²) in [6.45, 7) is 0.955. The first-order valence-electron chi connectivity index (χ1n) is 7.87. The Morgan fingerprint density at radius 3 is 2.55 bits per heavy atom. The largest absolute Gasteiger partial charge is 0.314 e. The van der Waals surface area contributed by atoms with Crippen molar-refractivity contribution in [2.24, 2.45) is 0 Å². The van der Waals surface area contributed by atoms with Crippen molar-refractivity contribution in [1.82, 2.24) is 10.0 Å². The van der Waals surface area contributed by atoms with E-state index < -0.39 is 10.0 Å². The van der Waals surface area contributed by atoms with Crippen LogP contribution in [0.15, 0.2) is 0 Å². The third kappa shape index (κ3) is 5.92. The fourth-order valence-corrected chi connectivity index (χ4v) is 5.28. The molecule has 0 bridgehead atoms. The fourth-order valence-electron chi connectivity index (χ4n) is 2.81.